The highest BCUT2D eigenvalue weighted by Gasteiger charge is 2.01. The molecular weight excluding hydrogens is 320 g/mol. The predicted octanol–water partition coefficient (Wildman–Crippen LogP) is 6.59. The summed E-state index contributed by atoms with van der Waals surface area (Å²) >= 11 is 5.68. The van der Waals surface area contributed by atoms with Crippen LogP contribution in [0.2, 0.25) is 0 Å². The maximum Gasteiger partial charge on any atom is 0.119 e. The van der Waals surface area contributed by atoms with Crippen LogP contribution in [-0.2, 0) is 0 Å². The summed E-state index contributed by atoms with van der Waals surface area (Å²) in [5.74, 6) is 2.65. The van der Waals surface area contributed by atoms with Crippen LogP contribution in [0.25, 0.3) is 10.8 Å². The van der Waals surface area contributed by atoms with Crippen LogP contribution in [0.5, 0.6) is 11.5 Å². The summed E-state index contributed by atoms with van der Waals surface area (Å²) < 4.78 is 11.7. The number of hydrogen-bond donors (Lipinski definition) is 0. The fourth-order valence-electron chi connectivity index (χ4n) is 2.66. The second-order valence-corrected chi connectivity index (χ2v) is 6.56. The Kier molecular flexibility index (Phi) is 8.83. The first-order valence-electron chi connectivity index (χ1n) is 9.19. The third kappa shape index (κ3) is 6.60. The number of unbranched alkanes of at least 4 members (excludes halogenated alkanes) is 5. The van der Waals surface area contributed by atoms with Gasteiger partial charge in [0.1, 0.15) is 11.5 Å². The lowest BCUT2D eigenvalue weighted by Crippen LogP contribution is -1.98. The van der Waals surface area contributed by atoms with Crippen molar-refractivity contribution in [1.29, 1.82) is 0 Å². The molecule has 2 rings (SSSR count). The topological polar surface area (TPSA) is 18.5 Å². The minimum atomic E-state index is 0.760. The zero-order valence-electron chi connectivity index (χ0n) is 14.7. The van der Waals surface area contributed by atoms with Gasteiger partial charge in [0.25, 0.3) is 0 Å². The van der Waals surface area contributed by atoms with E-state index in [1.807, 2.05) is 12.1 Å². The molecule has 0 amide bonds. The van der Waals surface area contributed by atoms with Crippen molar-refractivity contribution in [3.05, 3.63) is 36.4 Å². The molecule has 2 aromatic rings. The quantitative estimate of drug-likeness (QED) is 0.318. The lowest BCUT2D eigenvalue weighted by molar-refractivity contribution is 0.305. The van der Waals surface area contributed by atoms with Gasteiger partial charge in [-0.15, -0.1) is 11.6 Å². The fourth-order valence-corrected chi connectivity index (χ4v) is 2.85. The van der Waals surface area contributed by atoms with Gasteiger partial charge in [-0.3, -0.25) is 0 Å². The van der Waals surface area contributed by atoms with Gasteiger partial charge in [0.05, 0.1) is 13.2 Å². The third-order valence-electron chi connectivity index (χ3n) is 4.10. The van der Waals surface area contributed by atoms with Crippen molar-refractivity contribution < 1.29 is 9.47 Å². The monoisotopic (exact) mass is 348 g/mol. The van der Waals surface area contributed by atoms with Gasteiger partial charge in [-0.25, -0.2) is 0 Å². The Morgan fingerprint density at radius 2 is 1.25 bits per heavy atom. The van der Waals surface area contributed by atoms with Gasteiger partial charge in [0.2, 0.25) is 0 Å². The van der Waals surface area contributed by atoms with Crippen LogP contribution in [0, 0.1) is 0 Å². The Labute approximate surface area is 151 Å². The molecular formula is C21H29ClO2. The minimum Gasteiger partial charge on any atom is -0.494 e. The molecule has 2 aromatic carbocycles. The van der Waals surface area contributed by atoms with E-state index in [-0.39, 0.29) is 0 Å². The number of rotatable bonds is 12. The molecule has 3 heteroatoms. The number of hydrogen-bond acceptors (Lipinski definition) is 2. The van der Waals surface area contributed by atoms with Crippen molar-refractivity contribution >= 4 is 22.4 Å². The molecule has 132 valence electrons. The normalized spacial score (nSPS) is 10.9. The first-order chi connectivity index (χ1) is 11.8. The Bertz CT molecular complexity index is 597. The second-order valence-electron chi connectivity index (χ2n) is 6.18. The molecule has 0 radical (unpaired) electrons. The first-order valence-corrected chi connectivity index (χ1v) is 9.72. The van der Waals surface area contributed by atoms with E-state index in [2.05, 4.69) is 31.2 Å². The molecule has 0 heterocycles. The SMILES string of the molecule is CCCCCOc1ccc2cc(OCCCCCCCl)ccc2c1. The van der Waals surface area contributed by atoms with Crippen LogP contribution in [0.4, 0.5) is 0 Å². The molecule has 0 aliphatic rings. The standard InChI is InChI=1S/C21H29ClO2/c1-2-3-7-14-23-20-11-9-19-17-21(12-10-18(19)16-20)24-15-8-5-4-6-13-22/h9-12,16-17H,2-8,13-15H2,1H3. The third-order valence-corrected chi connectivity index (χ3v) is 4.36. The first kappa shape index (κ1) is 18.9. The second kappa shape index (κ2) is 11.2. The summed E-state index contributed by atoms with van der Waals surface area (Å²) in [6.45, 7) is 3.77. The molecule has 2 nitrogen and oxygen atoms in total. The van der Waals surface area contributed by atoms with E-state index in [0.29, 0.717) is 0 Å². The minimum absolute atomic E-state index is 0.760. The molecule has 24 heavy (non-hydrogen) atoms. The molecule has 0 spiro atoms. The Morgan fingerprint density at radius 3 is 1.79 bits per heavy atom. The number of alkyl halides is 1. The van der Waals surface area contributed by atoms with Gasteiger partial charge < -0.3 is 9.47 Å². The molecule has 0 saturated carbocycles. The summed E-state index contributed by atoms with van der Waals surface area (Å²) in [4.78, 5) is 0. The van der Waals surface area contributed by atoms with E-state index >= 15 is 0 Å². The largest absolute Gasteiger partial charge is 0.494 e. The highest BCUT2D eigenvalue weighted by molar-refractivity contribution is 6.17. The smallest absolute Gasteiger partial charge is 0.119 e. The highest BCUT2D eigenvalue weighted by atomic mass is 35.5. The number of ether oxygens (including phenoxy) is 2. The van der Waals surface area contributed by atoms with Gasteiger partial charge in [-0.1, -0.05) is 44.7 Å². The van der Waals surface area contributed by atoms with Crippen LogP contribution < -0.4 is 9.47 Å². The molecule has 0 aliphatic carbocycles. The van der Waals surface area contributed by atoms with E-state index in [4.69, 9.17) is 21.1 Å². The lowest BCUT2D eigenvalue weighted by atomic mass is 10.1. The summed E-state index contributed by atoms with van der Waals surface area (Å²) in [5.41, 5.74) is 0. The molecule has 0 aliphatic heterocycles. The molecule has 0 N–H and O–H groups in total. The van der Waals surface area contributed by atoms with Crippen molar-refractivity contribution in [1.82, 2.24) is 0 Å². The fraction of sp³-hybridized carbons (Fsp3) is 0.524. The average Bonchev–Trinajstić information content (AvgIpc) is 2.61. The Balaban J connectivity index is 1.82. The summed E-state index contributed by atoms with van der Waals surface area (Å²) in [6.07, 6.45) is 8.10. The number of benzene rings is 2. The number of halogens is 1. The van der Waals surface area contributed by atoms with E-state index in [0.717, 1.165) is 49.9 Å². The molecule has 0 aromatic heterocycles. The van der Waals surface area contributed by atoms with Crippen molar-refractivity contribution in [2.45, 2.75) is 51.9 Å². The molecule has 0 fully saturated rings. The van der Waals surface area contributed by atoms with Gasteiger partial charge in [-0.05, 0) is 54.3 Å². The van der Waals surface area contributed by atoms with E-state index in [1.54, 1.807) is 0 Å². The maximum atomic E-state index is 5.85. The van der Waals surface area contributed by atoms with Crippen molar-refractivity contribution in [2.75, 3.05) is 19.1 Å². The van der Waals surface area contributed by atoms with Crippen LogP contribution in [-0.4, -0.2) is 19.1 Å². The molecule has 0 atom stereocenters. The zero-order chi connectivity index (χ0) is 17.0. The molecule has 0 unspecified atom stereocenters. The van der Waals surface area contributed by atoms with Gasteiger partial charge in [0, 0.05) is 5.88 Å². The van der Waals surface area contributed by atoms with E-state index < -0.39 is 0 Å². The van der Waals surface area contributed by atoms with Crippen molar-refractivity contribution in [2.24, 2.45) is 0 Å². The highest BCUT2D eigenvalue weighted by Crippen LogP contribution is 2.25. The molecule has 0 saturated heterocycles. The Morgan fingerprint density at radius 1 is 0.708 bits per heavy atom. The lowest BCUT2D eigenvalue weighted by Gasteiger charge is -2.09. The zero-order valence-corrected chi connectivity index (χ0v) is 15.5. The van der Waals surface area contributed by atoms with Crippen molar-refractivity contribution in [3.63, 3.8) is 0 Å². The van der Waals surface area contributed by atoms with Crippen LogP contribution in [0.1, 0.15) is 51.9 Å². The number of fused-ring (bicyclic) bond motifs is 1. The van der Waals surface area contributed by atoms with Crippen molar-refractivity contribution in [3.8, 4) is 11.5 Å². The molecule has 0 bridgehead atoms. The van der Waals surface area contributed by atoms with Crippen LogP contribution in [0.3, 0.4) is 0 Å². The Hall–Kier alpha value is -1.41. The summed E-state index contributed by atoms with van der Waals surface area (Å²) in [7, 11) is 0. The van der Waals surface area contributed by atoms with Gasteiger partial charge in [-0.2, -0.15) is 0 Å². The van der Waals surface area contributed by atoms with Gasteiger partial charge in [0.15, 0.2) is 0 Å². The summed E-state index contributed by atoms with van der Waals surface area (Å²) in [6, 6.07) is 12.5. The average molecular weight is 349 g/mol. The maximum absolute atomic E-state index is 5.85. The van der Waals surface area contributed by atoms with E-state index in [9.17, 15) is 0 Å². The van der Waals surface area contributed by atoms with Crippen LogP contribution in [0.15, 0.2) is 36.4 Å². The van der Waals surface area contributed by atoms with E-state index in [1.165, 1.54) is 36.5 Å². The summed E-state index contributed by atoms with van der Waals surface area (Å²) in [5, 5.41) is 2.38. The van der Waals surface area contributed by atoms with Gasteiger partial charge >= 0.3 is 0 Å². The predicted molar refractivity (Wildman–Crippen MR) is 104 cm³/mol. The van der Waals surface area contributed by atoms with Crippen LogP contribution >= 0.6 is 11.6 Å².